The summed E-state index contributed by atoms with van der Waals surface area (Å²) in [4.78, 5) is 24.2. The zero-order valence-corrected chi connectivity index (χ0v) is 18.6. The van der Waals surface area contributed by atoms with E-state index in [-0.39, 0.29) is 32.6 Å². The number of carbonyl (C=O) groups excluding carboxylic acids is 2. The van der Waals surface area contributed by atoms with Gasteiger partial charge in [0.2, 0.25) is 5.91 Å². The zero-order valence-electron chi connectivity index (χ0n) is 16.3. The van der Waals surface area contributed by atoms with Crippen molar-refractivity contribution in [3.8, 4) is 5.75 Å². The Morgan fingerprint density at radius 3 is 2.41 bits per heavy atom. The molecule has 0 bridgehead atoms. The van der Waals surface area contributed by atoms with Gasteiger partial charge in [0.05, 0.1) is 33.4 Å². The number of sulfonamides is 1. The lowest BCUT2D eigenvalue weighted by atomic mass is 10.2. The maximum Gasteiger partial charge on any atom is 0.261 e. The van der Waals surface area contributed by atoms with Gasteiger partial charge in [0, 0.05) is 5.02 Å². The highest BCUT2D eigenvalue weighted by Crippen LogP contribution is 2.28. The van der Waals surface area contributed by atoms with Crippen LogP contribution in [0.3, 0.4) is 0 Å². The molecule has 0 unspecified atom stereocenters. The summed E-state index contributed by atoms with van der Waals surface area (Å²) in [6.45, 7) is -0.429. The van der Waals surface area contributed by atoms with Crippen LogP contribution < -0.4 is 15.4 Å². The van der Waals surface area contributed by atoms with Crippen LogP contribution in [0.4, 0.5) is 11.4 Å². The Balaban J connectivity index is 1.69. The number of rotatable bonds is 7. The Morgan fingerprint density at radius 2 is 1.69 bits per heavy atom. The van der Waals surface area contributed by atoms with Gasteiger partial charge in [-0.2, -0.15) is 0 Å². The number of nitrogens with one attached hydrogen (secondary N) is 3. The standard InChI is InChI=1S/C21H17Cl2N3O5S/c22-13-4-3-5-14(10-13)26-32(30,31)15-8-9-19(27)18(11-15)25-20(28)12-24-21(29)16-6-1-2-7-17(16)23/h1-11,26-27H,12H2,(H,24,29)(H,25,28). The summed E-state index contributed by atoms with van der Waals surface area (Å²) < 4.78 is 27.7. The average molecular weight is 494 g/mol. The highest BCUT2D eigenvalue weighted by Gasteiger charge is 2.18. The van der Waals surface area contributed by atoms with Gasteiger partial charge in [-0.15, -0.1) is 0 Å². The lowest BCUT2D eigenvalue weighted by molar-refractivity contribution is -0.115. The molecule has 2 amide bonds. The summed E-state index contributed by atoms with van der Waals surface area (Å²) in [7, 11) is -4.03. The number of hydrogen-bond donors (Lipinski definition) is 4. The molecule has 0 saturated carbocycles. The number of carbonyl (C=O) groups is 2. The number of benzene rings is 3. The number of halogens is 2. The van der Waals surface area contributed by atoms with Gasteiger partial charge in [-0.25, -0.2) is 8.42 Å². The molecule has 0 heterocycles. The summed E-state index contributed by atoms with van der Waals surface area (Å²) in [5.74, 6) is -1.59. The fourth-order valence-electron chi connectivity index (χ4n) is 2.64. The topological polar surface area (TPSA) is 125 Å². The minimum absolute atomic E-state index is 0.143. The smallest absolute Gasteiger partial charge is 0.261 e. The van der Waals surface area contributed by atoms with Gasteiger partial charge in [0.1, 0.15) is 5.75 Å². The molecule has 0 saturated heterocycles. The van der Waals surface area contributed by atoms with Crippen molar-refractivity contribution in [1.82, 2.24) is 5.32 Å². The van der Waals surface area contributed by atoms with Crippen molar-refractivity contribution in [1.29, 1.82) is 0 Å². The van der Waals surface area contributed by atoms with Crippen molar-refractivity contribution in [2.45, 2.75) is 4.90 Å². The van der Waals surface area contributed by atoms with Crippen LogP contribution in [0, 0.1) is 0 Å². The first kappa shape index (κ1) is 23.4. The molecule has 0 aliphatic heterocycles. The predicted molar refractivity (Wildman–Crippen MR) is 123 cm³/mol. The van der Waals surface area contributed by atoms with E-state index in [1.807, 2.05) is 0 Å². The lowest BCUT2D eigenvalue weighted by Crippen LogP contribution is -2.33. The van der Waals surface area contributed by atoms with Crippen LogP contribution in [0.15, 0.2) is 71.6 Å². The quantitative estimate of drug-likeness (QED) is 0.371. The molecule has 0 aliphatic carbocycles. The monoisotopic (exact) mass is 493 g/mol. The van der Waals surface area contributed by atoms with Gasteiger partial charge in [0.15, 0.2) is 0 Å². The van der Waals surface area contributed by atoms with Crippen molar-refractivity contribution in [2.75, 3.05) is 16.6 Å². The fourth-order valence-corrected chi connectivity index (χ4v) is 4.13. The van der Waals surface area contributed by atoms with Gasteiger partial charge >= 0.3 is 0 Å². The molecular formula is C21H17Cl2N3O5S. The molecule has 0 aliphatic rings. The molecule has 11 heteroatoms. The Bertz CT molecular complexity index is 1280. The molecule has 0 aromatic heterocycles. The highest BCUT2D eigenvalue weighted by molar-refractivity contribution is 7.92. The summed E-state index contributed by atoms with van der Waals surface area (Å²) in [6.07, 6.45) is 0. The predicted octanol–water partition coefficient (Wildman–Crippen LogP) is 3.87. The second-order valence-electron chi connectivity index (χ2n) is 6.51. The maximum absolute atomic E-state index is 12.6. The normalized spacial score (nSPS) is 10.9. The first-order valence-corrected chi connectivity index (χ1v) is 11.3. The Labute approximate surface area is 194 Å². The van der Waals surface area contributed by atoms with E-state index in [1.165, 1.54) is 30.3 Å². The van der Waals surface area contributed by atoms with Gasteiger partial charge < -0.3 is 15.7 Å². The van der Waals surface area contributed by atoms with E-state index >= 15 is 0 Å². The first-order valence-electron chi connectivity index (χ1n) is 9.10. The van der Waals surface area contributed by atoms with Crippen LogP contribution in [0.1, 0.15) is 10.4 Å². The molecule has 4 N–H and O–H groups in total. The number of amides is 2. The summed E-state index contributed by atoms with van der Waals surface area (Å²) in [5.41, 5.74) is 0.305. The average Bonchev–Trinajstić information content (AvgIpc) is 2.73. The largest absolute Gasteiger partial charge is 0.506 e. The SMILES string of the molecule is O=C(CNC(=O)c1ccccc1Cl)Nc1cc(S(=O)(=O)Nc2cccc(Cl)c2)ccc1O. The summed E-state index contributed by atoms with van der Waals surface area (Å²) in [6, 6.07) is 15.9. The lowest BCUT2D eigenvalue weighted by Gasteiger charge is -2.12. The number of hydrogen-bond acceptors (Lipinski definition) is 5. The minimum atomic E-state index is -4.03. The Hall–Kier alpha value is -3.27. The van der Waals surface area contributed by atoms with Crippen molar-refractivity contribution < 1.29 is 23.1 Å². The first-order chi connectivity index (χ1) is 15.2. The van der Waals surface area contributed by atoms with Crippen LogP contribution >= 0.6 is 23.2 Å². The Morgan fingerprint density at radius 1 is 0.938 bits per heavy atom. The second-order valence-corrected chi connectivity index (χ2v) is 9.03. The molecule has 166 valence electrons. The summed E-state index contributed by atoms with van der Waals surface area (Å²) in [5, 5.41) is 15.4. The van der Waals surface area contributed by atoms with E-state index in [0.29, 0.717) is 5.02 Å². The molecule has 0 fully saturated rings. The maximum atomic E-state index is 12.6. The number of anilines is 2. The number of aromatic hydroxyl groups is 1. The van der Waals surface area contributed by atoms with Crippen LogP contribution in [0.25, 0.3) is 0 Å². The third kappa shape index (κ3) is 5.91. The van der Waals surface area contributed by atoms with E-state index in [4.69, 9.17) is 23.2 Å². The van der Waals surface area contributed by atoms with Crippen molar-refractivity contribution in [3.63, 3.8) is 0 Å². The zero-order chi connectivity index (χ0) is 23.3. The highest BCUT2D eigenvalue weighted by atomic mass is 35.5. The van der Waals surface area contributed by atoms with Gasteiger partial charge in [-0.1, -0.05) is 41.4 Å². The third-order valence-electron chi connectivity index (χ3n) is 4.16. The van der Waals surface area contributed by atoms with Crippen molar-refractivity contribution >= 4 is 56.4 Å². The van der Waals surface area contributed by atoms with Crippen LogP contribution in [-0.2, 0) is 14.8 Å². The van der Waals surface area contributed by atoms with Crippen molar-refractivity contribution in [3.05, 3.63) is 82.3 Å². The van der Waals surface area contributed by atoms with Gasteiger partial charge in [0.25, 0.3) is 15.9 Å². The molecule has 0 radical (unpaired) electrons. The molecule has 3 rings (SSSR count). The molecular weight excluding hydrogens is 477 g/mol. The third-order valence-corrected chi connectivity index (χ3v) is 6.10. The number of phenols is 1. The summed E-state index contributed by atoms with van der Waals surface area (Å²) >= 11 is 11.8. The minimum Gasteiger partial charge on any atom is -0.506 e. The molecule has 32 heavy (non-hydrogen) atoms. The van der Waals surface area contributed by atoms with Crippen LogP contribution in [0.5, 0.6) is 5.75 Å². The fraction of sp³-hybridized carbons (Fsp3) is 0.0476. The molecule has 0 atom stereocenters. The molecule has 3 aromatic rings. The van der Waals surface area contributed by atoms with E-state index in [1.54, 1.807) is 24.3 Å². The molecule has 3 aromatic carbocycles. The molecule has 8 nitrogen and oxygen atoms in total. The van der Waals surface area contributed by atoms with E-state index in [0.717, 1.165) is 12.1 Å². The second kappa shape index (κ2) is 9.90. The van der Waals surface area contributed by atoms with Crippen molar-refractivity contribution in [2.24, 2.45) is 0 Å². The van der Waals surface area contributed by atoms with Crippen LogP contribution in [0.2, 0.25) is 10.0 Å². The van der Waals surface area contributed by atoms with Crippen LogP contribution in [-0.4, -0.2) is 31.9 Å². The molecule has 0 spiro atoms. The van der Waals surface area contributed by atoms with Gasteiger partial charge in [-0.3, -0.25) is 14.3 Å². The van der Waals surface area contributed by atoms with E-state index in [2.05, 4.69) is 15.4 Å². The van der Waals surface area contributed by atoms with E-state index in [9.17, 15) is 23.1 Å². The number of phenolic OH excluding ortho intramolecular Hbond substituents is 1. The van der Waals surface area contributed by atoms with Gasteiger partial charge in [-0.05, 0) is 48.5 Å². The van der Waals surface area contributed by atoms with E-state index < -0.39 is 28.4 Å². The Kier molecular flexibility index (Phi) is 7.24.